The predicted molar refractivity (Wildman–Crippen MR) is 119 cm³/mol. The quantitative estimate of drug-likeness (QED) is 0.646. The zero-order valence-electron chi connectivity index (χ0n) is 24.1. The maximum Gasteiger partial charge on any atom is 0.255 e. The number of hydrogen-bond donors (Lipinski definition) is 1. The lowest BCUT2D eigenvalue weighted by Gasteiger charge is -2.29. The highest BCUT2D eigenvalue weighted by atomic mass is 19.1. The molecular weight excluding hydrogens is 441 g/mol. The van der Waals surface area contributed by atoms with E-state index in [4.69, 9.17) is 17.7 Å². The van der Waals surface area contributed by atoms with Crippen LogP contribution in [0.5, 0.6) is 5.75 Å². The third kappa shape index (κ3) is 4.41. The zero-order valence-corrected chi connectivity index (χ0v) is 18.1. The molecule has 3 heterocycles. The van der Waals surface area contributed by atoms with Gasteiger partial charge in [-0.05, 0) is 18.5 Å². The van der Waals surface area contributed by atoms with Crippen molar-refractivity contribution in [2.45, 2.75) is 38.4 Å². The lowest BCUT2D eigenvalue weighted by Crippen LogP contribution is -2.52. The third-order valence-electron chi connectivity index (χ3n) is 5.81. The van der Waals surface area contributed by atoms with Gasteiger partial charge >= 0.3 is 0 Å². The van der Waals surface area contributed by atoms with Crippen molar-refractivity contribution < 1.29 is 36.5 Å². The van der Waals surface area contributed by atoms with E-state index in [0.29, 0.717) is 43.3 Å². The van der Waals surface area contributed by atoms with Gasteiger partial charge in [-0.2, -0.15) is 0 Å². The number of nitrogens with one attached hydrogen (secondary N) is 1. The third-order valence-corrected chi connectivity index (χ3v) is 5.81. The van der Waals surface area contributed by atoms with Crippen molar-refractivity contribution in [3.63, 3.8) is 0 Å². The fraction of sp³-hybridized carbons (Fsp3) is 0.400. The summed E-state index contributed by atoms with van der Waals surface area (Å²) in [4.78, 5) is 40.4. The van der Waals surface area contributed by atoms with Gasteiger partial charge < -0.3 is 14.4 Å². The number of hydrogen-bond acceptors (Lipinski definition) is 6. The van der Waals surface area contributed by atoms with Gasteiger partial charge in [0.25, 0.3) is 5.91 Å². The number of piperidine rings is 1. The molecule has 5 rings (SSSR count). The molecule has 0 aliphatic carbocycles. The maximum atomic E-state index is 15.3. The summed E-state index contributed by atoms with van der Waals surface area (Å²) in [5, 5.41) is 1.70. The summed E-state index contributed by atoms with van der Waals surface area (Å²) in [6.07, 6.45) is -6.50. The monoisotopic (exact) mass is 473 g/mol. The molecule has 1 atom stereocenters. The van der Waals surface area contributed by atoms with Crippen molar-refractivity contribution >= 4 is 17.7 Å². The largest absolute Gasteiger partial charge is 0.488 e. The lowest BCUT2D eigenvalue weighted by molar-refractivity contribution is -0.136. The number of imide groups is 1. The topological polar surface area (TPSA) is 88.2 Å². The molecule has 2 aromatic carbocycles. The number of fused-ring (bicyclic) bond motifs is 1. The van der Waals surface area contributed by atoms with Crippen LogP contribution in [0.4, 0.5) is 4.39 Å². The molecule has 1 N–H and O–H groups in total. The van der Waals surface area contributed by atoms with E-state index < -0.39 is 48.8 Å². The van der Waals surface area contributed by atoms with E-state index in [1.807, 2.05) is 0 Å². The molecule has 178 valence electrons. The fourth-order valence-electron chi connectivity index (χ4n) is 4.04. The number of halogens is 1. The van der Waals surface area contributed by atoms with Gasteiger partial charge in [-0.25, -0.2) is 4.39 Å². The lowest BCUT2D eigenvalue weighted by atomic mass is 10.0. The number of nitrogens with zero attached hydrogens (tertiary/aromatic N) is 2. The highest BCUT2D eigenvalue weighted by Gasteiger charge is 2.40. The van der Waals surface area contributed by atoms with Crippen molar-refractivity contribution in [1.29, 1.82) is 0 Å². The SMILES string of the molecule is [2H]C1([2H])c2c(OCc3cccc(CN4CCOCC4)c3F)cccc2C(=O)N1C1C(=O)NC(=O)C([2H])([2H])C1([2H])[2H]. The highest BCUT2D eigenvalue weighted by molar-refractivity contribution is 6.05. The minimum atomic E-state index is -3.26. The summed E-state index contributed by atoms with van der Waals surface area (Å²) in [5.74, 6) is -4.58. The minimum absolute atomic E-state index is 0.132. The molecule has 1 unspecified atom stereocenters. The van der Waals surface area contributed by atoms with E-state index in [-0.39, 0.29) is 29.0 Å². The molecule has 0 aromatic heterocycles. The van der Waals surface area contributed by atoms with E-state index >= 15 is 4.39 Å². The van der Waals surface area contributed by atoms with Crippen LogP contribution in [0.2, 0.25) is 0 Å². The van der Waals surface area contributed by atoms with E-state index in [1.54, 1.807) is 17.4 Å². The summed E-state index contributed by atoms with van der Waals surface area (Å²) in [5.41, 5.74) is 0.100. The molecule has 2 fully saturated rings. The first-order chi connectivity index (χ1) is 18.8. The number of morpholine rings is 1. The van der Waals surface area contributed by atoms with Crippen molar-refractivity contribution in [1.82, 2.24) is 15.1 Å². The molecule has 0 radical (unpaired) electrons. The summed E-state index contributed by atoms with van der Waals surface area (Å²) in [7, 11) is 0. The molecule has 8 nitrogen and oxygen atoms in total. The molecule has 0 spiro atoms. The molecule has 3 amide bonds. The predicted octanol–water partition coefficient (Wildman–Crippen LogP) is 2.00. The highest BCUT2D eigenvalue weighted by Crippen LogP contribution is 2.34. The number of ether oxygens (including phenoxy) is 2. The number of benzene rings is 2. The van der Waals surface area contributed by atoms with Gasteiger partial charge in [0.15, 0.2) is 0 Å². The van der Waals surface area contributed by atoms with Crippen LogP contribution in [0.3, 0.4) is 0 Å². The van der Waals surface area contributed by atoms with Crippen LogP contribution in [0.1, 0.15) is 48.0 Å². The van der Waals surface area contributed by atoms with Gasteiger partial charge in [0.05, 0.1) is 22.5 Å². The first kappa shape index (κ1) is 16.3. The van der Waals surface area contributed by atoms with Crippen LogP contribution >= 0.6 is 0 Å². The van der Waals surface area contributed by atoms with Crippen LogP contribution in [-0.2, 0) is 34.0 Å². The van der Waals surface area contributed by atoms with E-state index in [1.165, 1.54) is 24.3 Å². The molecule has 9 heteroatoms. The molecule has 2 aromatic rings. The summed E-state index contributed by atoms with van der Waals surface area (Å²) < 4.78 is 76.2. The van der Waals surface area contributed by atoms with Gasteiger partial charge in [-0.15, -0.1) is 0 Å². The molecule has 2 saturated heterocycles. The maximum absolute atomic E-state index is 15.3. The minimum Gasteiger partial charge on any atom is -0.488 e. The number of amides is 3. The number of carbonyl (C=O) groups excluding carboxylic acids is 3. The second-order valence-electron chi connectivity index (χ2n) is 8.02. The van der Waals surface area contributed by atoms with Crippen LogP contribution in [0, 0.1) is 5.82 Å². The van der Waals surface area contributed by atoms with E-state index in [2.05, 4.69) is 4.90 Å². The molecule has 3 aliphatic rings. The Morgan fingerprint density at radius 3 is 2.71 bits per heavy atom. The Kier molecular flexibility index (Phi) is 4.58. The number of rotatable bonds is 6. The summed E-state index contributed by atoms with van der Waals surface area (Å²) in [6.45, 7) is -0.322. The first-order valence-corrected chi connectivity index (χ1v) is 10.8. The van der Waals surface area contributed by atoms with Gasteiger partial charge in [-0.3, -0.25) is 24.6 Å². The van der Waals surface area contributed by atoms with Crippen LogP contribution < -0.4 is 10.1 Å². The second-order valence-corrected chi connectivity index (χ2v) is 8.02. The summed E-state index contributed by atoms with van der Waals surface area (Å²) in [6, 6.07) is 6.58. The Hall–Kier alpha value is -3.30. The normalized spacial score (nSPS) is 28.0. The van der Waals surface area contributed by atoms with Crippen molar-refractivity contribution in [3.8, 4) is 5.75 Å². The van der Waals surface area contributed by atoms with Crippen LogP contribution in [-0.4, -0.2) is 59.9 Å². The van der Waals surface area contributed by atoms with E-state index in [9.17, 15) is 14.4 Å². The molecule has 34 heavy (non-hydrogen) atoms. The smallest absolute Gasteiger partial charge is 0.255 e. The number of carbonyl (C=O) groups is 3. The van der Waals surface area contributed by atoms with Crippen molar-refractivity contribution in [2.75, 3.05) is 26.3 Å². The zero-order chi connectivity index (χ0) is 29.0. The Labute approximate surface area is 205 Å². The second kappa shape index (κ2) is 9.52. The van der Waals surface area contributed by atoms with Crippen LogP contribution in [0.25, 0.3) is 0 Å². The Bertz CT molecular complexity index is 1380. The van der Waals surface area contributed by atoms with Gasteiger partial charge in [0.2, 0.25) is 11.8 Å². The molecular formula is C25H26FN3O5. The molecule has 0 bridgehead atoms. The summed E-state index contributed by atoms with van der Waals surface area (Å²) >= 11 is 0. The molecule has 0 saturated carbocycles. The van der Waals surface area contributed by atoms with Gasteiger partial charge in [0.1, 0.15) is 24.2 Å². The van der Waals surface area contributed by atoms with Gasteiger partial charge in [-0.1, -0.05) is 24.3 Å². The van der Waals surface area contributed by atoms with Gasteiger partial charge in [0, 0.05) is 53.7 Å². The molecule has 3 aliphatic heterocycles. The van der Waals surface area contributed by atoms with Crippen molar-refractivity contribution in [2.24, 2.45) is 0 Å². The Morgan fingerprint density at radius 2 is 1.88 bits per heavy atom. The van der Waals surface area contributed by atoms with E-state index in [0.717, 1.165) is 0 Å². The average molecular weight is 474 g/mol. The van der Waals surface area contributed by atoms with Crippen molar-refractivity contribution in [3.05, 3.63) is 64.5 Å². The Balaban J connectivity index is 1.43. The fourth-order valence-corrected chi connectivity index (χ4v) is 4.04. The van der Waals surface area contributed by atoms with Crippen LogP contribution in [0.15, 0.2) is 36.4 Å². The first-order valence-electron chi connectivity index (χ1n) is 13.8. The average Bonchev–Trinajstić information content (AvgIpc) is 3.10. The standard InChI is InChI=1S/C25H26FN3O5/c26-23-16(13-28-9-11-33-12-10-28)3-1-4-17(23)15-34-21-6-2-5-18-19(21)14-29(25(18)32)20-7-8-22(30)27-24(20)31/h1-6,20H,7-15H2,(H,27,30,31)/i7D2,8D2,14D2. The Morgan fingerprint density at radius 1 is 1.12 bits per heavy atom.